The Bertz CT molecular complexity index is 1220. The molecule has 0 aliphatic rings. The fourth-order valence-electron chi connectivity index (χ4n) is 3.36. The summed E-state index contributed by atoms with van der Waals surface area (Å²) in [5.74, 6) is 0.210. The standard InChI is InChI=1S/C19H21ClN4O4/c1-10-12(9-15(25)21-11-6-7-14(28-5)13(20)8-11)16-17(22(10)2)23(3)19(27)24(4)18(16)26/h6-8H,9H2,1-5H3,(H,21,25). The first-order valence-electron chi connectivity index (χ1n) is 8.54. The number of methoxy groups -OCH3 is 1. The van der Waals surface area contributed by atoms with Gasteiger partial charge in [0.05, 0.1) is 23.9 Å². The summed E-state index contributed by atoms with van der Waals surface area (Å²) in [6, 6.07) is 4.94. The molecule has 0 aliphatic carbocycles. The van der Waals surface area contributed by atoms with E-state index < -0.39 is 11.2 Å². The average molecular weight is 405 g/mol. The number of carbonyl (C=O) groups is 1. The van der Waals surface area contributed by atoms with Gasteiger partial charge in [0.2, 0.25) is 5.91 Å². The second-order valence-corrected chi connectivity index (χ2v) is 7.01. The van der Waals surface area contributed by atoms with Crippen LogP contribution in [0.1, 0.15) is 11.3 Å². The fourth-order valence-corrected chi connectivity index (χ4v) is 3.62. The molecule has 8 nitrogen and oxygen atoms in total. The van der Waals surface area contributed by atoms with Gasteiger partial charge in [-0.15, -0.1) is 0 Å². The molecule has 3 aromatic rings. The summed E-state index contributed by atoms with van der Waals surface area (Å²) >= 11 is 6.09. The number of rotatable bonds is 4. The van der Waals surface area contributed by atoms with E-state index in [4.69, 9.17) is 16.3 Å². The molecular weight excluding hydrogens is 384 g/mol. The van der Waals surface area contributed by atoms with Crippen LogP contribution in [0.2, 0.25) is 5.02 Å². The van der Waals surface area contributed by atoms with Crippen molar-refractivity contribution in [3.8, 4) is 5.75 Å². The molecule has 0 bridgehead atoms. The molecule has 0 aliphatic heterocycles. The highest BCUT2D eigenvalue weighted by Crippen LogP contribution is 2.27. The van der Waals surface area contributed by atoms with Crippen LogP contribution in [0.15, 0.2) is 27.8 Å². The maximum absolute atomic E-state index is 12.7. The van der Waals surface area contributed by atoms with Crippen molar-refractivity contribution < 1.29 is 9.53 Å². The van der Waals surface area contributed by atoms with Gasteiger partial charge in [-0.3, -0.25) is 18.7 Å². The van der Waals surface area contributed by atoms with Crippen molar-refractivity contribution in [1.82, 2.24) is 13.7 Å². The molecule has 0 saturated carbocycles. The number of aryl methyl sites for hydroxylation is 2. The quantitative estimate of drug-likeness (QED) is 0.717. The maximum atomic E-state index is 12.7. The van der Waals surface area contributed by atoms with Gasteiger partial charge in [-0.2, -0.15) is 0 Å². The smallest absolute Gasteiger partial charge is 0.332 e. The monoisotopic (exact) mass is 404 g/mol. The van der Waals surface area contributed by atoms with Crippen LogP contribution in [0.4, 0.5) is 5.69 Å². The number of hydrogen-bond acceptors (Lipinski definition) is 4. The van der Waals surface area contributed by atoms with E-state index in [2.05, 4.69) is 5.32 Å². The lowest BCUT2D eigenvalue weighted by Gasteiger charge is -2.08. The SMILES string of the molecule is COc1ccc(NC(=O)Cc2c(C)n(C)c3c2c(=O)n(C)c(=O)n3C)cc1Cl. The topological polar surface area (TPSA) is 87.3 Å². The Morgan fingerprint density at radius 2 is 1.82 bits per heavy atom. The van der Waals surface area contributed by atoms with Crippen molar-refractivity contribution in [3.05, 3.63) is 55.3 Å². The molecule has 148 valence electrons. The minimum absolute atomic E-state index is 0.0136. The third-order valence-electron chi connectivity index (χ3n) is 4.97. The molecule has 28 heavy (non-hydrogen) atoms. The Labute approximate surface area is 165 Å². The Kier molecular flexibility index (Phi) is 5.08. The first kappa shape index (κ1) is 19.8. The number of benzene rings is 1. The van der Waals surface area contributed by atoms with Crippen LogP contribution in [-0.4, -0.2) is 26.7 Å². The van der Waals surface area contributed by atoms with E-state index in [9.17, 15) is 14.4 Å². The van der Waals surface area contributed by atoms with Crippen LogP contribution in [0.3, 0.4) is 0 Å². The van der Waals surface area contributed by atoms with E-state index in [0.717, 1.165) is 10.3 Å². The zero-order valence-corrected chi connectivity index (χ0v) is 17.0. The summed E-state index contributed by atoms with van der Waals surface area (Å²) in [7, 11) is 6.31. The number of nitrogens with one attached hydrogen (secondary N) is 1. The molecular formula is C19H21ClN4O4. The summed E-state index contributed by atoms with van der Waals surface area (Å²) in [6.45, 7) is 1.82. The van der Waals surface area contributed by atoms with E-state index in [0.29, 0.717) is 33.1 Å². The highest BCUT2D eigenvalue weighted by atomic mass is 35.5. The van der Waals surface area contributed by atoms with Crippen LogP contribution in [-0.2, 0) is 32.4 Å². The van der Waals surface area contributed by atoms with Crippen LogP contribution < -0.4 is 21.3 Å². The van der Waals surface area contributed by atoms with Gasteiger partial charge in [0, 0.05) is 32.5 Å². The first-order valence-corrected chi connectivity index (χ1v) is 8.92. The van der Waals surface area contributed by atoms with Crippen LogP contribution in [0.5, 0.6) is 5.75 Å². The summed E-state index contributed by atoms with van der Waals surface area (Å²) < 4.78 is 9.31. The summed E-state index contributed by atoms with van der Waals surface area (Å²) in [6.07, 6.45) is -0.0136. The number of aromatic nitrogens is 3. The van der Waals surface area contributed by atoms with Gasteiger partial charge in [0.25, 0.3) is 5.56 Å². The van der Waals surface area contributed by atoms with E-state index in [1.807, 2.05) is 6.92 Å². The molecule has 2 aromatic heterocycles. The average Bonchev–Trinajstić information content (AvgIpc) is 2.90. The van der Waals surface area contributed by atoms with Gasteiger partial charge in [-0.1, -0.05) is 11.6 Å². The van der Waals surface area contributed by atoms with Crippen LogP contribution >= 0.6 is 11.6 Å². The second-order valence-electron chi connectivity index (χ2n) is 6.60. The normalized spacial score (nSPS) is 11.1. The largest absolute Gasteiger partial charge is 0.495 e. The number of amides is 1. The van der Waals surface area contributed by atoms with Gasteiger partial charge < -0.3 is 14.6 Å². The fraction of sp³-hybridized carbons (Fsp3) is 0.316. The number of nitrogens with zero attached hydrogens (tertiary/aromatic N) is 3. The molecule has 0 fully saturated rings. The predicted octanol–water partition coefficient (Wildman–Crippen LogP) is 1.73. The van der Waals surface area contributed by atoms with Crippen molar-refractivity contribution in [1.29, 1.82) is 0 Å². The predicted molar refractivity (Wildman–Crippen MR) is 108 cm³/mol. The summed E-state index contributed by atoms with van der Waals surface area (Å²) in [4.78, 5) is 37.6. The molecule has 0 spiro atoms. The van der Waals surface area contributed by atoms with Gasteiger partial charge >= 0.3 is 5.69 Å². The number of hydrogen-bond donors (Lipinski definition) is 1. The van der Waals surface area contributed by atoms with Crippen LogP contribution in [0, 0.1) is 6.92 Å². The molecule has 3 rings (SSSR count). The molecule has 1 N–H and O–H groups in total. The zero-order chi connectivity index (χ0) is 20.7. The molecule has 0 saturated heterocycles. The lowest BCUT2D eigenvalue weighted by molar-refractivity contribution is -0.115. The number of ether oxygens (including phenoxy) is 1. The number of anilines is 1. The number of halogens is 1. The maximum Gasteiger partial charge on any atom is 0.332 e. The van der Waals surface area contributed by atoms with Gasteiger partial charge in [-0.25, -0.2) is 4.79 Å². The van der Waals surface area contributed by atoms with E-state index in [-0.39, 0.29) is 12.3 Å². The third kappa shape index (κ3) is 3.09. The molecule has 1 amide bonds. The van der Waals surface area contributed by atoms with Crippen molar-refractivity contribution in [2.24, 2.45) is 21.1 Å². The molecule has 9 heteroatoms. The Hall–Kier alpha value is -3.00. The van der Waals surface area contributed by atoms with Crippen LogP contribution in [0.25, 0.3) is 11.0 Å². The zero-order valence-electron chi connectivity index (χ0n) is 16.3. The number of fused-ring (bicyclic) bond motifs is 1. The Balaban J connectivity index is 2.02. The Morgan fingerprint density at radius 3 is 2.43 bits per heavy atom. The molecule has 0 atom stereocenters. The molecule has 0 unspecified atom stereocenters. The highest BCUT2D eigenvalue weighted by molar-refractivity contribution is 6.32. The van der Waals surface area contributed by atoms with Crippen molar-refractivity contribution in [2.45, 2.75) is 13.3 Å². The van der Waals surface area contributed by atoms with Gasteiger partial charge in [-0.05, 0) is 30.7 Å². The molecule has 0 radical (unpaired) electrons. The van der Waals surface area contributed by atoms with Crippen molar-refractivity contribution in [2.75, 3.05) is 12.4 Å². The first-order chi connectivity index (χ1) is 13.2. The minimum atomic E-state index is -0.419. The third-order valence-corrected chi connectivity index (χ3v) is 5.26. The molecule has 1 aromatic carbocycles. The van der Waals surface area contributed by atoms with E-state index in [1.165, 1.54) is 18.7 Å². The second kappa shape index (κ2) is 7.20. The van der Waals surface area contributed by atoms with Crippen molar-refractivity contribution >= 4 is 34.2 Å². The highest BCUT2D eigenvalue weighted by Gasteiger charge is 2.21. The summed E-state index contributed by atoms with van der Waals surface area (Å²) in [5.41, 5.74) is 1.51. The van der Waals surface area contributed by atoms with E-state index >= 15 is 0 Å². The lowest BCUT2D eigenvalue weighted by atomic mass is 10.1. The van der Waals surface area contributed by atoms with Crippen molar-refractivity contribution in [3.63, 3.8) is 0 Å². The van der Waals surface area contributed by atoms with Gasteiger partial charge in [0.15, 0.2) is 0 Å². The van der Waals surface area contributed by atoms with Gasteiger partial charge in [0.1, 0.15) is 11.4 Å². The molecule has 2 heterocycles. The Morgan fingerprint density at radius 1 is 1.14 bits per heavy atom. The summed E-state index contributed by atoms with van der Waals surface area (Å²) in [5, 5.41) is 3.53. The minimum Gasteiger partial charge on any atom is -0.495 e. The lowest BCUT2D eigenvalue weighted by Crippen LogP contribution is -2.37. The van der Waals surface area contributed by atoms with E-state index in [1.54, 1.807) is 36.9 Å². The number of carbonyl (C=O) groups excluding carboxylic acids is 1.